The van der Waals surface area contributed by atoms with E-state index in [2.05, 4.69) is 10.2 Å². The Bertz CT molecular complexity index is 519. The SMILES string of the molecule is Fc1cc2c(cc1Cl)N1C(CN2)CC2CCCCC21. The summed E-state index contributed by atoms with van der Waals surface area (Å²) in [4.78, 5) is 2.53. The van der Waals surface area contributed by atoms with E-state index >= 15 is 0 Å². The van der Waals surface area contributed by atoms with Gasteiger partial charge in [-0.15, -0.1) is 0 Å². The summed E-state index contributed by atoms with van der Waals surface area (Å²) >= 11 is 5.98. The highest BCUT2D eigenvalue weighted by molar-refractivity contribution is 6.31. The van der Waals surface area contributed by atoms with Gasteiger partial charge in [0.25, 0.3) is 0 Å². The number of hydrogen-bond donors (Lipinski definition) is 1. The molecule has 1 N–H and O–H groups in total. The number of halogens is 2. The minimum atomic E-state index is -0.328. The second-order valence-corrected chi connectivity index (χ2v) is 6.48. The topological polar surface area (TPSA) is 15.3 Å². The van der Waals surface area contributed by atoms with Crippen LogP contribution in [0, 0.1) is 11.7 Å². The van der Waals surface area contributed by atoms with Crippen molar-refractivity contribution in [1.82, 2.24) is 0 Å². The van der Waals surface area contributed by atoms with Gasteiger partial charge in [0.15, 0.2) is 0 Å². The van der Waals surface area contributed by atoms with Crippen LogP contribution in [0.1, 0.15) is 32.1 Å². The fourth-order valence-electron chi connectivity index (χ4n) is 4.24. The van der Waals surface area contributed by atoms with E-state index in [0.717, 1.165) is 23.8 Å². The van der Waals surface area contributed by atoms with Crippen molar-refractivity contribution in [3.05, 3.63) is 23.0 Å². The van der Waals surface area contributed by atoms with Crippen molar-refractivity contribution in [1.29, 1.82) is 0 Å². The molecular weight excluding hydrogens is 263 g/mol. The molecule has 0 amide bonds. The predicted octanol–water partition coefficient (Wildman–Crippen LogP) is 4.04. The molecule has 0 spiro atoms. The molecule has 3 atom stereocenters. The monoisotopic (exact) mass is 280 g/mol. The molecule has 0 radical (unpaired) electrons. The van der Waals surface area contributed by atoms with E-state index in [4.69, 9.17) is 11.6 Å². The zero-order valence-electron chi connectivity index (χ0n) is 10.8. The van der Waals surface area contributed by atoms with E-state index < -0.39 is 0 Å². The summed E-state index contributed by atoms with van der Waals surface area (Å²) in [6.45, 7) is 0.932. The Morgan fingerprint density at radius 1 is 1.26 bits per heavy atom. The molecule has 2 heterocycles. The highest BCUT2D eigenvalue weighted by Crippen LogP contribution is 2.47. The normalized spacial score (nSPS) is 32.3. The molecule has 1 saturated carbocycles. The Balaban J connectivity index is 1.77. The van der Waals surface area contributed by atoms with E-state index in [9.17, 15) is 4.39 Å². The summed E-state index contributed by atoms with van der Waals surface area (Å²) in [5.74, 6) is 0.487. The molecule has 0 aromatic heterocycles. The van der Waals surface area contributed by atoms with Crippen molar-refractivity contribution in [2.75, 3.05) is 16.8 Å². The molecule has 1 aromatic carbocycles. The van der Waals surface area contributed by atoms with Gasteiger partial charge in [0, 0.05) is 24.7 Å². The van der Waals surface area contributed by atoms with Crippen molar-refractivity contribution >= 4 is 23.0 Å². The Labute approximate surface area is 117 Å². The van der Waals surface area contributed by atoms with Gasteiger partial charge in [0.2, 0.25) is 0 Å². The number of nitrogens with one attached hydrogen (secondary N) is 1. The van der Waals surface area contributed by atoms with Crippen molar-refractivity contribution in [3.63, 3.8) is 0 Å². The summed E-state index contributed by atoms with van der Waals surface area (Å²) in [6.07, 6.45) is 6.58. The second-order valence-electron chi connectivity index (χ2n) is 6.07. The second kappa shape index (κ2) is 4.27. The van der Waals surface area contributed by atoms with Gasteiger partial charge in [0.1, 0.15) is 5.82 Å². The van der Waals surface area contributed by atoms with Crippen molar-refractivity contribution < 1.29 is 4.39 Å². The number of hydrogen-bond acceptors (Lipinski definition) is 2. The molecule has 2 fully saturated rings. The van der Waals surface area contributed by atoms with Crippen LogP contribution in [0.3, 0.4) is 0 Å². The van der Waals surface area contributed by atoms with Crippen LogP contribution in [0.25, 0.3) is 0 Å². The van der Waals surface area contributed by atoms with Crippen LogP contribution < -0.4 is 10.2 Å². The molecule has 19 heavy (non-hydrogen) atoms. The lowest BCUT2D eigenvalue weighted by molar-refractivity contribution is 0.342. The first-order valence-electron chi connectivity index (χ1n) is 7.25. The summed E-state index contributed by atoms with van der Waals surface area (Å²) in [5, 5.41) is 3.61. The van der Waals surface area contributed by atoms with E-state index in [-0.39, 0.29) is 10.8 Å². The minimum Gasteiger partial charge on any atom is -0.381 e. The van der Waals surface area contributed by atoms with Gasteiger partial charge in [0.05, 0.1) is 16.4 Å². The fraction of sp³-hybridized carbons (Fsp3) is 0.600. The highest BCUT2D eigenvalue weighted by Gasteiger charge is 2.44. The van der Waals surface area contributed by atoms with Crippen LogP contribution in [0.4, 0.5) is 15.8 Å². The van der Waals surface area contributed by atoms with Crippen molar-refractivity contribution in [2.24, 2.45) is 5.92 Å². The van der Waals surface area contributed by atoms with Gasteiger partial charge in [-0.2, -0.15) is 0 Å². The van der Waals surface area contributed by atoms with Gasteiger partial charge in [-0.3, -0.25) is 0 Å². The van der Waals surface area contributed by atoms with Crippen LogP contribution in [0.5, 0.6) is 0 Å². The first-order chi connectivity index (χ1) is 9.24. The van der Waals surface area contributed by atoms with Crippen LogP contribution in [-0.2, 0) is 0 Å². The number of nitrogens with zero attached hydrogens (tertiary/aromatic N) is 1. The van der Waals surface area contributed by atoms with E-state index in [1.54, 1.807) is 6.07 Å². The van der Waals surface area contributed by atoms with E-state index in [1.807, 2.05) is 6.07 Å². The average molecular weight is 281 g/mol. The summed E-state index contributed by atoms with van der Waals surface area (Å²) < 4.78 is 13.6. The molecule has 4 rings (SSSR count). The molecule has 3 unspecified atom stereocenters. The number of fused-ring (bicyclic) bond motifs is 5. The number of anilines is 2. The average Bonchev–Trinajstić information content (AvgIpc) is 2.79. The van der Waals surface area contributed by atoms with Crippen LogP contribution in [0.15, 0.2) is 12.1 Å². The molecule has 1 aliphatic carbocycles. The first-order valence-corrected chi connectivity index (χ1v) is 7.63. The summed E-state index contributed by atoms with van der Waals surface area (Å²) in [6, 6.07) is 4.55. The smallest absolute Gasteiger partial charge is 0.143 e. The van der Waals surface area contributed by atoms with E-state index in [0.29, 0.717) is 12.1 Å². The lowest BCUT2D eigenvalue weighted by Crippen LogP contribution is -2.44. The highest BCUT2D eigenvalue weighted by atomic mass is 35.5. The zero-order valence-corrected chi connectivity index (χ0v) is 11.6. The maximum absolute atomic E-state index is 13.6. The van der Waals surface area contributed by atoms with Crippen LogP contribution in [-0.4, -0.2) is 18.6 Å². The number of rotatable bonds is 0. The zero-order chi connectivity index (χ0) is 13.0. The van der Waals surface area contributed by atoms with Crippen molar-refractivity contribution in [2.45, 2.75) is 44.2 Å². The van der Waals surface area contributed by atoms with Crippen molar-refractivity contribution in [3.8, 4) is 0 Å². The summed E-state index contributed by atoms with van der Waals surface area (Å²) in [7, 11) is 0. The fourth-order valence-corrected chi connectivity index (χ4v) is 4.40. The van der Waals surface area contributed by atoms with Gasteiger partial charge < -0.3 is 10.2 Å². The van der Waals surface area contributed by atoms with Gasteiger partial charge in [-0.05, 0) is 31.2 Å². The third-order valence-corrected chi connectivity index (χ3v) is 5.33. The molecule has 2 nitrogen and oxygen atoms in total. The van der Waals surface area contributed by atoms with Gasteiger partial charge in [-0.25, -0.2) is 4.39 Å². The quantitative estimate of drug-likeness (QED) is 0.771. The third-order valence-electron chi connectivity index (χ3n) is 5.04. The van der Waals surface area contributed by atoms with E-state index in [1.165, 1.54) is 32.1 Å². The Morgan fingerprint density at radius 2 is 2.11 bits per heavy atom. The lowest BCUT2D eigenvalue weighted by atomic mass is 9.85. The maximum atomic E-state index is 13.6. The number of benzene rings is 1. The Morgan fingerprint density at radius 3 is 3.00 bits per heavy atom. The van der Waals surface area contributed by atoms with Gasteiger partial charge >= 0.3 is 0 Å². The molecular formula is C15H18ClFN2. The molecule has 1 aromatic rings. The van der Waals surface area contributed by atoms with Gasteiger partial charge in [-0.1, -0.05) is 24.4 Å². The molecule has 0 bridgehead atoms. The lowest BCUT2D eigenvalue weighted by Gasteiger charge is -2.40. The first kappa shape index (κ1) is 11.8. The maximum Gasteiger partial charge on any atom is 0.143 e. The standard InChI is InChI=1S/C15H18ClFN2/c16-11-6-15-13(7-12(11)17)18-8-10-5-9-3-1-2-4-14(9)19(10)15/h6-7,9-10,14,18H,1-5,8H2. The molecule has 3 aliphatic rings. The molecule has 2 aliphatic heterocycles. The molecule has 4 heteroatoms. The largest absolute Gasteiger partial charge is 0.381 e. The Kier molecular flexibility index (Phi) is 2.66. The third kappa shape index (κ3) is 1.74. The molecule has 102 valence electrons. The van der Waals surface area contributed by atoms with Crippen LogP contribution >= 0.6 is 11.6 Å². The predicted molar refractivity (Wildman–Crippen MR) is 76.5 cm³/mol. The minimum absolute atomic E-state index is 0.237. The Hall–Kier alpha value is -0.960. The summed E-state index contributed by atoms with van der Waals surface area (Å²) in [5.41, 5.74) is 2.02. The van der Waals surface area contributed by atoms with Crippen LogP contribution in [0.2, 0.25) is 5.02 Å². The molecule has 1 saturated heterocycles.